The van der Waals surface area contributed by atoms with Crippen molar-refractivity contribution in [2.24, 2.45) is 0 Å². The molecule has 1 fully saturated rings. The maximum atomic E-state index is 12.8. The maximum Gasteiger partial charge on any atom is 0.253 e. The van der Waals surface area contributed by atoms with Crippen molar-refractivity contribution in [2.75, 3.05) is 25.0 Å². The van der Waals surface area contributed by atoms with Crippen molar-refractivity contribution >= 4 is 22.8 Å². The van der Waals surface area contributed by atoms with Crippen LogP contribution in [0, 0.1) is 0 Å². The summed E-state index contributed by atoms with van der Waals surface area (Å²) < 4.78 is 0. The van der Waals surface area contributed by atoms with Crippen LogP contribution in [-0.2, 0) is 0 Å². The van der Waals surface area contributed by atoms with E-state index in [1.807, 2.05) is 29.2 Å². The van der Waals surface area contributed by atoms with Crippen molar-refractivity contribution in [3.8, 4) is 0 Å². The molecule has 7 nitrogen and oxygen atoms in total. The molecular weight excluding hydrogens is 316 g/mol. The second kappa shape index (κ2) is 6.51. The molecule has 0 unspecified atom stereocenters. The average Bonchev–Trinajstić information content (AvgIpc) is 3.15. The summed E-state index contributed by atoms with van der Waals surface area (Å²) in [6.45, 7) is 1.50. The molecule has 0 radical (unpaired) electrons. The molecule has 1 aromatic carbocycles. The van der Waals surface area contributed by atoms with Crippen LogP contribution in [0.2, 0.25) is 0 Å². The SMILES string of the molecule is CN(c1ccncn1)C1CCN(C(=O)c2ccc3nc[nH]c3c2)CC1. The van der Waals surface area contributed by atoms with E-state index in [0.717, 1.165) is 42.8 Å². The molecule has 1 aliphatic heterocycles. The molecule has 3 aromatic rings. The Kier molecular flexibility index (Phi) is 4.05. The largest absolute Gasteiger partial charge is 0.356 e. The first-order chi connectivity index (χ1) is 12.2. The van der Waals surface area contributed by atoms with Gasteiger partial charge in [0.1, 0.15) is 12.1 Å². The normalized spacial score (nSPS) is 15.5. The highest BCUT2D eigenvalue weighted by molar-refractivity contribution is 5.97. The molecule has 0 spiro atoms. The number of aromatic amines is 1. The fourth-order valence-electron chi connectivity index (χ4n) is 3.39. The third-order valence-corrected chi connectivity index (χ3v) is 4.89. The summed E-state index contributed by atoms with van der Waals surface area (Å²) in [5.74, 6) is 1.00. The number of hydrogen-bond donors (Lipinski definition) is 1. The van der Waals surface area contributed by atoms with Crippen LogP contribution in [0.5, 0.6) is 0 Å². The summed E-state index contributed by atoms with van der Waals surface area (Å²) >= 11 is 0. The highest BCUT2D eigenvalue weighted by Gasteiger charge is 2.26. The van der Waals surface area contributed by atoms with Gasteiger partial charge >= 0.3 is 0 Å². The smallest absolute Gasteiger partial charge is 0.253 e. The number of aromatic nitrogens is 4. The number of likely N-dealkylation sites (tertiary alicyclic amines) is 1. The minimum absolute atomic E-state index is 0.0830. The van der Waals surface area contributed by atoms with Crippen LogP contribution < -0.4 is 4.90 Å². The van der Waals surface area contributed by atoms with Crippen molar-refractivity contribution in [3.05, 3.63) is 48.7 Å². The van der Waals surface area contributed by atoms with Gasteiger partial charge in [0.05, 0.1) is 17.4 Å². The minimum atomic E-state index is 0.0830. The van der Waals surface area contributed by atoms with Crippen molar-refractivity contribution in [2.45, 2.75) is 18.9 Å². The van der Waals surface area contributed by atoms with Gasteiger partial charge in [0.2, 0.25) is 0 Å². The maximum absolute atomic E-state index is 12.8. The second-order valence-electron chi connectivity index (χ2n) is 6.34. The Morgan fingerprint density at radius 1 is 1.24 bits per heavy atom. The van der Waals surface area contributed by atoms with Gasteiger partial charge in [-0.3, -0.25) is 4.79 Å². The van der Waals surface area contributed by atoms with E-state index in [0.29, 0.717) is 11.6 Å². The zero-order valence-electron chi connectivity index (χ0n) is 14.1. The van der Waals surface area contributed by atoms with E-state index < -0.39 is 0 Å². The first-order valence-corrected chi connectivity index (χ1v) is 8.43. The van der Waals surface area contributed by atoms with Crippen LogP contribution in [0.25, 0.3) is 11.0 Å². The summed E-state index contributed by atoms with van der Waals surface area (Å²) in [6, 6.07) is 7.91. The van der Waals surface area contributed by atoms with Crippen LogP contribution in [0.1, 0.15) is 23.2 Å². The number of H-pyrrole nitrogens is 1. The molecule has 0 bridgehead atoms. The third kappa shape index (κ3) is 3.05. The number of nitrogens with one attached hydrogen (secondary N) is 1. The van der Waals surface area contributed by atoms with E-state index in [-0.39, 0.29) is 5.91 Å². The van der Waals surface area contributed by atoms with E-state index in [9.17, 15) is 4.79 Å². The standard InChI is InChI=1S/C18H20N6O/c1-23(17-4-7-19-11-22-17)14-5-8-24(9-6-14)18(25)13-2-3-15-16(10-13)21-12-20-15/h2-4,7,10-12,14H,5-6,8-9H2,1H3,(H,20,21). The number of anilines is 1. The van der Waals surface area contributed by atoms with Gasteiger partial charge in [0.25, 0.3) is 5.91 Å². The molecule has 0 aliphatic carbocycles. The lowest BCUT2D eigenvalue weighted by Gasteiger charge is -2.37. The van der Waals surface area contributed by atoms with Gasteiger partial charge in [-0.2, -0.15) is 0 Å². The van der Waals surface area contributed by atoms with Gasteiger partial charge < -0.3 is 14.8 Å². The summed E-state index contributed by atoms with van der Waals surface area (Å²) in [4.78, 5) is 32.4. The van der Waals surface area contributed by atoms with Crippen molar-refractivity contribution in [1.29, 1.82) is 0 Å². The number of hydrogen-bond acceptors (Lipinski definition) is 5. The Labute approximate surface area is 145 Å². The van der Waals surface area contributed by atoms with Crippen LogP contribution in [0.15, 0.2) is 43.1 Å². The number of carbonyl (C=O) groups is 1. The van der Waals surface area contributed by atoms with E-state index in [1.165, 1.54) is 0 Å². The van der Waals surface area contributed by atoms with Crippen LogP contribution >= 0.6 is 0 Å². The number of amides is 1. The Morgan fingerprint density at radius 2 is 2.08 bits per heavy atom. The molecular formula is C18H20N6O. The molecule has 0 atom stereocenters. The number of fused-ring (bicyclic) bond motifs is 1. The zero-order chi connectivity index (χ0) is 17.2. The van der Waals surface area contributed by atoms with Crippen molar-refractivity contribution in [3.63, 3.8) is 0 Å². The van der Waals surface area contributed by atoms with Crippen LogP contribution in [0.4, 0.5) is 5.82 Å². The predicted molar refractivity (Wildman–Crippen MR) is 95.5 cm³/mol. The van der Waals surface area contributed by atoms with E-state index in [2.05, 4.69) is 31.9 Å². The molecule has 2 aromatic heterocycles. The fraction of sp³-hybridized carbons (Fsp3) is 0.333. The minimum Gasteiger partial charge on any atom is -0.356 e. The Balaban J connectivity index is 1.42. The average molecular weight is 336 g/mol. The lowest BCUT2D eigenvalue weighted by atomic mass is 10.0. The number of benzene rings is 1. The van der Waals surface area contributed by atoms with Gasteiger partial charge in [0, 0.05) is 37.9 Å². The quantitative estimate of drug-likeness (QED) is 0.792. The van der Waals surface area contributed by atoms with E-state index in [4.69, 9.17) is 0 Å². The lowest BCUT2D eigenvalue weighted by Crippen LogP contribution is -2.45. The van der Waals surface area contributed by atoms with Gasteiger partial charge in [0.15, 0.2) is 0 Å². The predicted octanol–water partition coefficient (Wildman–Crippen LogP) is 2.09. The molecule has 128 valence electrons. The monoisotopic (exact) mass is 336 g/mol. The van der Waals surface area contributed by atoms with Crippen molar-refractivity contribution in [1.82, 2.24) is 24.8 Å². The Bertz CT molecular complexity index is 869. The molecule has 4 rings (SSSR count). The highest BCUT2D eigenvalue weighted by atomic mass is 16.2. The third-order valence-electron chi connectivity index (χ3n) is 4.89. The summed E-state index contributed by atoms with van der Waals surface area (Å²) in [5.41, 5.74) is 2.48. The lowest BCUT2D eigenvalue weighted by molar-refractivity contribution is 0.0713. The van der Waals surface area contributed by atoms with Crippen LogP contribution in [0.3, 0.4) is 0 Å². The molecule has 1 amide bonds. The van der Waals surface area contributed by atoms with Crippen LogP contribution in [-0.4, -0.2) is 56.9 Å². The van der Waals surface area contributed by atoms with E-state index >= 15 is 0 Å². The fourth-order valence-corrected chi connectivity index (χ4v) is 3.39. The molecule has 3 heterocycles. The summed E-state index contributed by atoms with van der Waals surface area (Å²) in [7, 11) is 2.05. The number of piperidine rings is 1. The first-order valence-electron chi connectivity index (χ1n) is 8.43. The molecule has 1 aliphatic rings. The number of carbonyl (C=O) groups excluding carboxylic acids is 1. The molecule has 1 saturated heterocycles. The zero-order valence-corrected chi connectivity index (χ0v) is 14.1. The molecule has 25 heavy (non-hydrogen) atoms. The van der Waals surface area contributed by atoms with Gasteiger partial charge in [-0.05, 0) is 37.1 Å². The number of nitrogens with zero attached hydrogens (tertiary/aromatic N) is 5. The molecule has 7 heteroatoms. The molecule has 1 N–H and O–H groups in total. The summed E-state index contributed by atoms with van der Waals surface area (Å²) in [6.07, 6.45) is 6.82. The molecule has 0 saturated carbocycles. The Hall–Kier alpha value is -2.96. The van der Waals surface area contributed by atoms with E-state index in [1.54, 1.807) is 18.9 Å². The van der Waals surface area contributed by atoms with Gasteiger partial charge in [-0.1, -0.05) is 0 Å². The second-order valence-corrected chi connectivity index (χ2v) is 6.34. The Morgan fingerprint density at radius 3 is 2.84 bits per heavy atom. The number of rotatable bonds is 3. The summed E-state index contributed by atoms with van der Waals surface area (Å²) in [5, 5.41) is 0. The van der Waals surface area contributed by atoms with Gasteiger partial charge in [-0.15, -0.1) is 0 Å². The van der Waals surface area contributed by atoms with Crippen molar-refractivity contribution < 1.29 is 4.79 Å². The highest BCUT2D eigenvalue weighted by Crippen LogP contribution is 2.22. The first kappa shape index (κ1) is 15.6. The number of imidazole rings is 1. The van der Waals surface area contributed by atoms with Gasteiger partial charge in [-0.25, -0.2) is 15.0 Å². The topological polar surface area (TPSA) is 78.0 Å².